The highest BCUT2D eigenvalue weighted by Gasteiger charge is 2.46. The summed E-state index contributed by atoms with van der Waals surface area (Å²) in [6, 6.07) is 2.68. The molecule has 3 heterocycles. The molecule has 1 saturated heterocycles. The van der Waals surface area contributed by atoms with Gasteiger partial charge in [-0.3, -0.25) is 0 Å². The Labute approximate surface area is 130 Å². The number of hydrogen-bond acceptors (Lipinski definition) is 4. The molecule has 1 amide bonds. The molecule has 2 atom stereocenters. The van der Waals surface area contributed by atoms with Crippen molar-refractivity contribution in [3.63, 3.8) is 0 Å². The molecule has 1 aromatic heterocycles. The van der Waals surface area contributed by atoms with E-state index in [0.29, 0.717) is 12.6 Å². The lowest BCUT2D eigenvalue weighted by Gasteiger charge is -2.38. The monoisotopic (exact) mass is 308 g/mol. The summed E-state index contributed by atoms with van der Waals surface area (Å²) < 4.78 is 5.51. The number of fused-ring (bicyclic) bond motifs is 2. The molecule has 5 heteroatoms. The van der Waals surface area contributed by atoms with E-state index < -0.39 is 5.60 Å². The third-order valence-electron chi connectivity index (χ3n) is 4.15. The Bertz CT molecular complexity index is 549. The van der Waals surface area contributed by atoms with Crippen molar-refractivity contribution in [1.29, 1.82) is 0 Å². The summed E-state index contributed by atoms with van der Waals surface area (Å²) >= 11 is 1.81. The maximum atomic E-state index is 12.3. The number of carbonyl (C=O) groups is 1. The van der Waals surface area contributed by atoms with Gasteiger partial charge in [-0.1, -0.05) is 0 Å². The molecular weight excluding hydrogens is 284 g/mol. The van der Waals surface area contributed by atoms with Gasteiger partial charge in [-0.25, -0.2) is 4.79 Å². The largest absolute Gasteiger partial charge is 0.444 e. The fraction of sp³-hybridized carbons (Fsp3) is 0.688. The van der Waals surface area contributed by atoms with Crippen molar-refractivity contribution >= 4 is 17.4 Å². The standard InChI is InChI=1S/C16H24N2O2S/c1-11-9-12-5-8-21-13(12)16(17-11)6-7-18(10-16)14(19)20-15(2,3)4/h5,8,11,17H,6-7,9-10H2,1-4H3/t11-,16-/m1/s1. The van der Waals surface area contributed by atoms with Crippen molar-refractivity contribution < 1.29 is 9.53 Å². The van der Waals surface area contributed by atoms with Crippen LogP contribution in [0.15, 0.2) is 11.4 Å². The zero-order chi connectivity index (χ0) is 15.3. The lowest BCUT2D eigenvalue weighted by Crippen LogP contribution is -2.53. The zero-order valence-electron chi connectivity index (χ0n) is 13.2. The van der Waals surface area contributed by atoms with Gasteiger partial charge in [0.2, 0.25) is 0 Å². The number of amides is 1. The van der Waals surface area contributed by atoms with Gasteiger partial charge in [0.15, 0.2) is 0 Å². The van der Waals surface area contributed by atoms with Crippen LogP contribution in [0.5, 0.6) is 0 Å². The third-order valence-corrected chi connectivity index (χ3v) is 5.31. The Kier molecular flexibility index (Phi) is 3.53. The SMILES string of the molecule is C[C@@H]1Cc2ccsc2[C@]2(CCN(C(=O)OC(C)(C)C)C2)N1. The van der Waals surface area contributed by atoms with Crippen molar-refractivity contribution in [2.75, 3.05) is 13.1 Å². The van der Waals surface area contributed by atoms with Crippen LogP contribution in [-0.2, 0) is 16.7 Å². The van der Waals surface area contributed by atoms with Gasteiger partial charge in [-0.05, 0) is 57.5 Å². The van der Waals surface area contributed by atoms with Crippen LogP contribution in [-0.4, -0.2) is 35.7 Å². The van der Waals surface area contributed by atoms with E-state index in [4.69, 9.17) is 4.74 Å². The molecular formula is C16H24N2O2S. The molecule has 0 bridgehead atoms. The van der Waals surface area contributed by atoms with Crippen molar-refractivity contribution in [3.8, 4) is 0 Å². The van der Waals surface area contributed by atoms with Crippen LogP contribution in [0.2, 0.25) is 0 Å². The van der Waals surface area contributed by atoms with E-state index in [1.165, 1.54) is 10.4 Å². The molecule has 2 aliphatic heterocycles. The summed E-state index contributed by atoms with van der Waals surface area (Å²) in [5.74, 6) is 0. The molecule has 4 nitrogen and oxygen atoms in total. The van der Waals surface area contributed by atoms with Gasteiger partial charge in [0.25, 0.3) is 0 Å². The first kappa shape index (κ1) is 14.9. The molecule has 21 heavy (non-hydrogen) atoms. The van der Waals surface area contributed by atoms with Crippen LogP contribution >= 0.6 is 11.3 Å². The number of hydrogen-bond donors (Lipinski definition) is 1. The predicted molar refractivity (Wildman–Crippen MR) is 84.7 cm³/mol. The van der Waals surface area contributed by atoms with Gasteiger partial charge in [-0.15, -0.1) is 11.3 Å². The molecule has 1 N–H and O–H groups in total. The molecule has 0 aromatic carbocycles. The molecule has 3 rings (SSSR count). The fourth-order valence-corrected chi connectivity index (χ4v) is 4.55. The van der Waals surface area contributed by atoms with Crippen LogP contribution in [0.25, 0.3) is 0 Å². The van der Waals surface area contributed by atoms with Crippen LogP contribution < -0.4 is 5.32 Å². The Morgan fingerprint density at radius 3 is 3.00 bits per heavy atom. The summed E-state index contributed by atoms with van der Waals surface area (Å²) in [7, 11) is 0. The number of thiophene rings is 1. The van der Waals surface area contributed by atoms with Crippen LogP contribution in [0, 0.1) is 0 Å². The van der Waals surface area contributed by atoms with Crippen LogP contribution in [0.3, 0.4) is 0 Å². The van der Waals surface area contributed by atoms with Gasteiger partial charge in [0.1, 0.15) is 5.60 Å². The van der Waals surface area contributed by atoms with Gasteiger partial charge in [0, 0.05) is 24.0 Å². The number of carbonyl (C=O) groups excluding carboxylic acids is 1. The molecule has 0 unspecified atom stereocenters. The van der Waals surface area contributed by atoms with Crippen molar-refractivity contribution in [1.82, 2.24) is 10.2 Å². The number of rotatable bonds is 0. The van der Waals surface area contributed by atoms with E-state index in [0.717, 1.165) is 19.4 Å². The second-order valence-electron chi connectivity index (χ2n) is 7.26. The number of nitrogens with zero attached hydrogens (tertiary/aromatic N) is 1. The van der Waals surface area contributed by atoms with E-state index in [-0.39, 0.29) is 11.6 Å². The van der Waals surface area contributed by atoms with E-state index in [9.17, 15) is 4.79 Å². The zero-order valence-corrected chi connectivity index (χ0v) is 14.0. The minimum absolute atomic E-state index is 0.0714. The first-order valence-electron chi connectivity index (χ1n) is 7.62. The van der Waals surface area contributed by atoms with E-state index in [1.54, 1.807) is 0 Å². The second-order valence-corrected chi connectivity index (χ2v) is 8.17. The molecule has 0 aliphatic carbocycles. The topological polar surface area (TPSA) is 41.6 Å². The Morgan fingerprint density at radius 2 is 2.29 bits per heavy atom. The number of nitrogens with one attached hydrogen (secondary N) is 1. The number of ether oxygens (including phenoxy) is 1. The average molecular weight is 308 g/mol. The summed E-state index contributed by atoms with van der Waals surface area (Å²) in [6.45, 7) is 9.42. The number of likely N-dealkylation sites (tertiary alicyclic amines) is 1. The Balaban J connectivity index is 1.79. The fourth-order valence-electron chi connectivity index (χ4n) is 3.43. The maximum Gasteiger partial charge on any atom is 0.410 e. The van der Waals surface area contributed by atoms with Gasteiger partial charge < -0.3 is 15.0 Å². The lowest BCUT2D eigenvalue weighted by molar-refractivity contribution is 0.0277. The third kappa shape index (κ3) is 2.81. The highest BCUT2D eigenvalue weighted by molar-refractivity contribution is 7.10. The Morgan fingerprint density at radius 1 is 1.52 bits per heavy atom. The molecule has 0 radical (unpaired) electrons. The molecule has 116 valence electrons. The van der Waals surface area contributed by atoms with Crippen molar-refractivity contribution in [3.05, 3.63) is 21.9 Å². The smallest absolute Gasteiger partial charge is 0.410 e. The molecule has 1 aromatic rings. The predicted octanol–water partition coefficient (Wildman–Crippen LogP) is 3.12. The highest BCUT2D eigenvalue weighted by atomic mass is 32.1. The normalized spacial score (nSPS) is 28.8. The van der Waals surface area contributed by atoms with E-state index in [2.05, 4.69) is 23.7 Å². The molecule has 1 fully saturated rings. The van der Waals surface area contributed by atoms with Gasteiger partial charge in [0.05, 0.1) is 5.54 Å². The quantitative estimate of drug-likeness (QED) is 0.800. The van der Waals surface area contributed by atoms with Gasteiger partial charge >= 0.3 is 6.09 Å². The van der Waals surface area contributed by atoms with Gasteiger partial charge in [-0.2, -0.15) is 0 Å². The Hall–Kier alpha value is -1.07. The highest BCUT2D eigenvalue weighted by Crippen LogP contribution is 2.41. The summed E-state index contributed by atoms with van der Waals surface area (Å²) in [6.07, 6.45) is 1.84. The molecule has 2 aliphatic rings. The van der Waals surface area contributed by atoms with Crippen molar-refractivity contribution in [2.24, 2.45) is 0 Å². The lowest BCUT2D eigenvalue weighted by atomic mass is 9.86. The summed E-state index contributed by atoms with van der Waals surface area (Å²) in [5, 5.41) is 5.91. The first-order chi connectivity index (χ1) is 9.79. The second kappa shape index (κ2) is 4.99. The minimum Gasteiger partial charge on any atom is -0.444 e. The molecule has 1 spiro atoms. The minimum atomic E-state index is -0.436. The first-order valence-corrected chi connectivity index (χ1v) is 8.49. The van der Waals surface area contributed by atoms with Crippen LogP contribution in [0.4, 0.5) is 4.79 Å². The average Bonchev–Trinajstić information content (AvgIpc) is 2.94. The van der Waals surface area contributed by atoms with Crippen LogP contribution in [0.1, 0.15) is 44.6 Å². The summed E-state index contributed by atoms with van der Waals surface area (Å²) in [4.78, 5) is 15.6. The van der Waals surface area contributed by atoms with E-state index >= 15 is 0 Å². The van der Waals surface area contributed by atoms with E-state index in [1.807, 2.05) is 37.0 Å². The maximum absolute atomic E-state index is 12.3. The summed E-state index contributed by atoms with van der Waals surface area (Å²) in [5.41, 5.74) is 0.934. The van der Waals surface area contributed by atoms with Crippen molar-refractivity contribution in [2.45, 2.75) is 57.7 Å². The molecule has 0 saturated carbocycles.